The molecule has 1 aromatic heterocycles. The second-order valence-corrected chi connectivity index (χ2v) is 6.09. The molecule has 2 unspecified atom stereocenters. The zero-order valence-corrected chi connectivity index (χ0v) is 12.4. The molecule has 0 bridgehead atoms. The van der Waals surface area contributed by atoms with Crippen LogP contribution in [0.5, 0.6) is 0 Å². The first-order valence-corrected chi connectivity index (χ1v) is 6.87. The fourth-order valence-corrected chi connectivity index (χ4v) is 2.48. The van der Waals surface area contributed by atoms with Crippen LogP contribution in [-0.2, 0) is 11.2 Å². The maximum absolute atomic E-state index is 14.0. The lowest BCUT2D eigenvalue weighted by atomic mass is 9.94. The van der Waals surface area contributed by atoms with E-state index in [2.05, 4.69) is 4.98 Å². The van der Waals surface area contributed by atoms with Crippen molar-refractivity contribution in [3.63, 3.8) is 0 Å². The van der Waals surface area contributed by atoms with Crippen molar-refractivity contribution in [2.45, 2.75) is 51.9 Å². The number of amides is 1. The molecule has 0 aromatic carbocycles. The van der Waals surface area contributed by atoms with Crippen molar-refractivity contribution < 1.29 is 13.9 Å². The Kier molecular flexibility index (Phi) is 3.97. The van der Waals surface area contributed by atoms with Crippen LogP contribution in [0, 0.1) is 0 Å². The molecule has 1 aromatic rings. The zero-order chi connectivity index (χ0) is 14.9. The highest BCUT2D eigenvalue weighted by Gasteiger charge is 2.37. The summed E-state index contributed by atoms with van der Waals surface area (Å²) in [6.07, 6.45) is 0.674. The summed E-state index contributed by atoms with van der Waals surface area (Å²) in [7, 11) is 0. The second kappa shape index (κ2) is 5.38. The highest BCUT2D eigenvalue weighted by molar-refractivity contribution is 5.69. The summed E-state index contributed by atoms with van der Waals surface area (Å²) in [5.74, 6) is 0. The van der Waals surface area contributed by atoms with E-state index in [0.29, 0.717) is 13.0 Å². The lowest BCUT2D eigenvalue weighted by molar-refractivity contribution is 0.00451. The van der Waals surface area contributed by atoms with Gasteiger partial charge >= 0.3 is 6.09 Å². The number of nitrogens with zero attached hydrogens (tertiary/aromatic N) is 2. The van der Waals surface area contributed by atoms with E-state index < -0.39 is 23.9 Å². The number of hydrogen-bond acceptors (Lipinski definition) is 3. The maximum atomic E-state index is 14.0. The number of rotatable bonds is 1. The Bertz CT molecular complexity index is 497. The second-order valence-electron chi connectivity index (χ2n) is 6.09. The van der Waals surface area contributed by atoms with E-state index in [1.807, 2.05) is 6.07 Å². The predicted molar refractivity (Wildman–Crippen MR) is 74.2 cm³/mol. The van der Waals surface area contributed by atoms with Crippen molar-refractivity contribution in [2.24, 2.45) is 0 Å². The van der Waals surface area contributed by atoms with E-state index in [-0.39, 0.29) is 0 Å². The van der Waals surface area contributed by atoms with E-state index in [0.717, 1.165) is 11.3 Å². The van der Waals surface area contributed by atoms with Gasteiger partial charge in [-0.15, -0.1) is 0 Å². The molecule has 0 saturated heterocycles. The summed E-state index contributed by atoms with van der Waals surface area (Å²) in [5.41, 5.74) is 1.05. The van der Waals surface area contributed by atoms with Crippen LogP contribution >= 0.6 is 0 Å². The van der Waals surface area contributed by atoms with Gasteiger partial charge in [0.1, 0.15) is 11.8 Å². The zero-order valence-electron chi connectivity index (χ0n) is 12.4. The Morgan fingerprint density at radius 2 is 2.25 bits per heavy atom. The predicted octanol–water partition coefficient (Wildman–Crippen LogP) is 3.27. The third kappa shape index (κ3) is 3.08. The smallest absolute Gasteiger partial charge is 0.410 e. The topological polar surface area (TPSA) is 42.4 Å². The summed E-state index contributed by atoms with van der Waals surface area (Å²) < 4.78 is 19.4. The van der Waals surface area contributed by atoms with Crippen LogP contribution in [0.1, 0.15) is 45.0 Å². The first kappa shape index (κ1) is 14.8. The van der Waals surface area contributed by atoms with Gasteiger partial charge in [-0.3, -0.25) is 9.88 Å². The van der Waals surface area contributed by atoms with Crippen LogP contribution in [0.15, 0.2) is 18.3 Å². The first-order valence-electron chi connectivity index (χ1n) is 6.87. The summed E-state index contributed by atoms with van der Waals surface area (Å²) in [4.78, 5) is 18.0. The Morgan fingerprint density at radius 1 is 1.55 bits per heavy atom. The molecule has 110 valence electrons. The normalized spacial score (nSPS) is 20.2. The van der Waals surface area contributed by atoms with Gasteiger partial charge in [0, 0.05) is 24.9 Å². The lowest BCUT2D eigenvalue weighted by Crippen LogP contribution is -2.45. The largest absolute Gasteiger partial charge is 0.444 e. The number of alkyl halides is 1. The van der Waals surface area contributed by atoms with Crippen LogP contribution in [-0.4, -0.2) is 34.3 Å². The molecule has 4 nitrogen and oxygen atoms in total. The number of hydrogen-bond donors (Lipinski definition) is 0. The number of carbonyl (C=O) groups excluding carboxylic acids is 1. The molecule has 0 spiro atoms. The third-order valence-corrected chi connectivity index (χ3v) is 3.23. The van der Waals surface area contributed by atoms with Crippen LogP contribution in [0.4, 0.5) is 9.18 Å². The van der Waals surface area contributed by atoms with Gasteiger partial charge in [-0.2, -0.15) is 0 Å². The van der Waals surface area contributed by atoms with E-state index >= 15 is 0 Å². The number of fused-ring (bicyclic) bond motifs is 1. The molecule has 2 rings (SSSR count). The van der Waals surface area contributed by atoms with Crippen LogP contribution in [0.2, 0.25) is 0 Å². The Balaban J connectivity index is 2.29. The molecule has 2 atom stereocenters. The van der Waals surface area contributed by atoms with Gasteiger partial charge in [0.25, 0.3) is 0 Å². The standard InChI is InChI=1S/C15H21FN2O2/c1-10(16)13-11-6-5-8-17-12(11)7-9-18(13)14(19)20-15(2,3)4/h5-6,8,10,13H,7,9H2,1-4H3. The number of aromatic nitrogens is 1. The summed E-state index contributed by atoms with van der Waals surface area (Å²) in [6, 6.07) is 2.98. The fraction of sp³-hybridized carbons (Fsp3) is 0.600. The van der Waals surface area contributed by atoms with Crippen molar-refractivity contribution >= 4 is 6.09 Å². The van der Waals surface area contributed by atoms with Crippen LogP contribution in [0.25, 0.3) is 0 Å². The highest BCUT2D eigenvalue weighted by Crippen LogP contribution is 2.33. The van der Waals surface area contributed by atoms with Gasteiger partial charge in [0.2, 0.25) is 0 Å². The molecule has 0 fully saturated rings. The fourth-order valence-electron chi connectivity index (χ4n) is 2.48. The molecule has 5 heteroatoms. The Hall–Kier alpha value is -1.65. The molecular weight excluding hydrogens is 259 g/mol. The molecule has 2 heterocycles. The van der Waals surface area contributed by atoms with Crippen LogP contribution in [0.3, 0.4) is 0 Å². The van der Waals surface area contributed by atoms with Gasteiger partial charge in [0.05, 0.1) is 6.04 Å². The minimum atomic E-state index is -1.18. The van der Waals surface area contributed by atoms with Gasteiger partial charge in [-0.1, -0.05) is 6.07 Å². The van der Waals surface area contributed by atoms with Crippen molar-refractivity contribution in [3.05, 3.63) is 29.6 Å². The van der Waals surface area contributed by atoms with Crippen molar-refractivity contribution in [1.29, 1.82) is 0 Å². The maximum Gasteiger partial charge on any atom is 0.410 e. The number of halogens is 1. The molecular formula is C15H21FN2O2. The summed E-state index contributed by atoms with van der Waals surface area (Å²) in [5, 5.41) is 0. The SMILES string of the molecule is CC(F)C1c2cccnc2CCN1C(=O)OC(C)(C)C. The van der Waals surface area contributed by atoms with Gasteiger partial charge < -0.3 is 4.74 Å². The molecule has 20 heavy (non-hydrogen) atoms. The van der Waals surface area contributed by atoms with Crippen molar-refractivity contribution in [1.82, 2.24) is 9.88 Å². The van der Waals surface area contributed by atoms with Gasteiger partial charge in [-0.05, 0) is 39.3 Å². The quantitative estimate of drug-likeness (QED) is 0.793. The minimum absolute atomic E-state index is 0.428. The first-order chi connectivity index (χ1) is 9.29. The molecule has 0 radical (unpaired) electrons. The van der Waals surface area contributed by atoms with Gasteiger partial charge in [-0.25, -0.2) is 9.18 Å². The van der Waals surface area contributed by atoms with Crippen LogP contribution < -0.4 is 0 Å². The third-order valence-electron chi connectivity index (χ3n) is 3.23. The Labute approximate surface area is 118 Å². The van der Waals surface area contributed by atoms with Crippen molar-refractivity contribution in [2.75, 3.05) is 6.54 Å². The van der Waals surface area contributed by atoms with Crippen molar-refractivity contribution in [3.8, 4) is 0 Å². The minimum Gasteiger partial charge on any atom is -0.444 e. The van der Waals surface area contributed by atoms with E-state index in [4.69, 9.17) is 4.74 Å². The lowest BCUT2D eigenvalue weighted by Gasteiger charge is -2.38. The number of ether oxygens (including phenoxy) is 1. The monoisotopic (exact) mass is 280 g/mol. The summed E-state index contributed by atoms with van der Waals surface area (Å²) in [6.45, 7) is 7.30. The molecule has 0 aliphatic carbocycles. The van der Waals surface area contributed by atoms with E-state index in [1.165, 1.54) is 11.8 Å². The average molecular weight is 280 g/mol. The molecule has 1 aliphatic rings. The number of carbonyl (C=O) groups is 1. The number of pyridine rings is 1. The highest BCUT2D eigenvalue weighted by atomic mass is 19.1. The Morgan fingerprint density at radius 3 is 2.85 bits per heavy atom. The van der Waals surface area contributed by atoms with E-state index in [1.54, 1.807) is 33.0 Å². The average Bonchev–Trinajstić information content (AvgIpc) is 2.35. The van der Waals surface area contributed by atoms with E-state index in [9.17, 15) is 9.18 Å². The van der Waals surface area contributed by atoms with Gasteiger partial charge in [0.15, 0.2) is 0 Å². The molecule has 0 N–H and O–H groups in total. The molecule has 1 amide bonds. The molecule has 0 saturated carbocycles. The summed E-state index contributed by atoms with van der Waals surface area (Å²) >= 11 is 0. The molecule has 1 aliphatic heterocycles.